The minimum absolute atomic E-state index is 0.0000959. The monoisotopic (exact) mass is 1280 g/mol. The topological polar surface area (TPSA) is 595 Å². The lowest BCUT2D eigenvalue weighted by atomic mass is 10.0. The van der Waals surface area contributed by atoms with Gasteiger partial charge in [0.25, 0.3) is 0 Å². The third-order valence-electron chi connectivity index (χ3n) is 14.0. The van der Waals surface area contributed by atoms with Crippen LogP contribution in [-0.4, -0.2) is 191 Å². The Morgan fingerprint density at radius 1 is 0.444 bits per heavy atom. The molecule has 1 fully saturated rings. The summed E-state index contributed by atoms with van der Waals surface area (Å²) in [5.74, 6) is -8.74. The SMILES string of the molecule is CCCCCCCCCCNC(=O)C[C@@H]1NC(=O)[C@H](CCC(=O)CCCOCCOCC(=O)NC(CCCCN)C(N)=O)NC(=O)[C@H](CCCN=C(N)N)NC(=O)[C@@H](CCCN=C(N)N)NC(=O)[C@H](CCCN=C(N)N)NC(=O)[C@@H](CCCN=C(N)N)NC1=O. The Balaban J connectivity index is 3.79. The van der Waals surface area contributed by atoms with Gasteiger partial charge in [-0.25, -0.2) is 0 Å². The molecule has 0 spiro atoms. The summed E-state index contributed by atoms with van der Waals surface area (Å²) < 4.78 is 11.0. The highest BCUT2D eigenvalue weighted by Crippen LogP contribution is 2.13. The zero-order chi connectivity index (χ0) is 67.1. The molecule has 0 aromatic rings. The molecule has 90 heavy (non-hydrogen) atoms. The van der Waals surface area contributed by atoms with E-state index in [0.717, 1.165) is 44.9 Å². The molecule has 1 heterocycles. The second kappa shape index (κ2) is 48.7. The van der Waals surface area contributed by atoms with Crippen molar-refractivity contribution in [1.82, 2.24) is 42.5 Å². The first kappa shape index (κ1) is 79.9. The maximum absolute atomic E-state index is 14.7. The number of amides is 9. The molecular weight excluding hydrogens is 1170 g/mol. The summed E-state index contributed by atoms with van der Waals surface area (Å²) in [6.07, 6.45) is 8.37. The molecule has 28 N–H and O–H groups in total. The van der Waals surface area contributed by atoms with Gasteiger partial charge >= 0.3 is 0 Å². The van der Waals surface area contributed by atoms with Crippen LogP contribution in [0.2, 0.25) is 0 Å². The van der Waals surface area contributed by atoms with Crippen LogP contribution >= 0.6 is 0 Å². The van der Waals surface area contributed by atoms with Crippen LogP contribution in [0.25, 0.3) is 0 Å². The van der Waals surface area contributed by atoms with E-state index < -0.39 is 102 Å². The minimum atomic E-state index is -1.71. The Morgan fingerprint density at radius 3 is 1.24 bits per heavy atom. The molecule has 34 heteroatoms. The molecule has 0 saturated carbocycles. The van der Waals surface area contributed by atoms with E-state index >= 15 is 0 Å². The smallest absolute Gasteiger partial charge is 0.246 e. The number of aliphatic imine (C=N–C) groups is 4. The fourth-order valence-electron chi connectivity index (χ4n) is 9.15. The largest absolute Gasteiger partial charge is 0.379 e. The number of ether oxygens (including phenoxy) is 2. The van der Waals surface area contributed by atoms with Crippen molar-refractivity contribution in [3.8, 4) is 0 Å². The molecule has 1 aliphatic heterocycles. The van der Waals surface area contributed by atoms with Gasteiger partial charge in [-0.2, -0.15) is 0 Å². The average Bonchev–Trinajstić information content (AvgIpc) is 2.07. The third-order valence-corrected chi connectivity index (χ3v) is 14.0. The van der Waals surface area contributed by atoms with Gasteiger partial charge in [0.15, 0.2) is 23.8 Å². The summed E-state index contributed by atoms with van der Waals surface area (Å²) in [5.41, 5.74) is 55.4. The molecular formula is C56H106N22O12. The number of nitrogens with two attached hydrogens (primary N) is 10. The van der Waals surface area contributed by atoms with Gasteiger partial charge in [-0.1, -0.05) is 51.9 Å². The van der Waals surface area contributed by atoms with Gasteiger partial charge in [-0.15, -0.1) is 0 Å². The highest BCUT2D eigenvalue weighted by molar-refractivity contribution is 5.99. The summed E-state index contributed by atoms with van der Waals surface area (Å²) in [7, 11) is 0. The lowest BCUT2D eigenvalue weighted by Crippen LogP contribution is -2.61. The van der Waals surface area contributed by atoms with E-state index in [9.17, 15) is 47.9 Å². The molecule has 0 aliphatic carbocycles. The molecule has 1 unspecified atom stereocenters. The van der Waals surface area contributed by atoms with E-state index in [1.165, 1.54) is 0 Å². The second-order valence-electron chi connectivity index (χ2n) is 21.8. The first-order valence-electron chi connectivity index (χ1n) is 31.2. The molecule has 1 aliphatic rings. The van der Waals surface area contributed by atoms with Crippen LogP contribution in [-0.2, 0) is 57.4 Å². The maximum atomic E-state index is 14.7. The van der Waals surface area contributed by atoms with Crippen LogP contribution in [0.3, 0.4) is 0 Å². The first-order valence-corrected chi connectivity index (χ1v) is 31.2. The highest BCUT2D eigenvalue weighted by Gasteiger charge is 2.36. The van der Waals surface area contributed by atoms with Crippen LogP contribution in [0, 0.1) is 0 Å². The average molecular weight is 1280 g/mol. The van der Waals surface area contributed by atoms with Crippen molar-refractivity contribution in [2.24, 2.45) is 77.3 Å². The molecule has 34 nitrogen and oxygen atoms in total. The summed E-state index contributed by atoms with van der Waals surface area (Å²) in [6.45, 7) is 2.65. The Labute approximate surface area is 527 Å². The van der Waals surface area contributed by atoms with Crippen molar-refractivity contribution in [1.29, 1.82) is 0 Å². The number of unbranched alkanes of at least 4 members (excludes halogenated alkanes) is 8. The zero-order valence-electron chi connectivity index (χ0n) is 52.5. The molecule has 7 atom stereocenters. The van der Waals surface area contributed by atoms with Crippen molar-refractivity contribution >= 4 is 82.8 Å². The van der Waals surface area contributed by atoms with Crippen LogP contribution in [0.15, 0.2) is 20.0 Å². The number of nitrogens with one attached hydrogen (secondary N) is 8. The molecule has 512 valence electrons. The minimum Gasteiger partial charge on any atom is -0.379 e. The number of carbonyl (C=O) groups excluding carboxylic acids is 10. The Kier molecular flexibility index (Phi) is 43.3. The highest BCUT2D eigenvalue weighted by atomic mass is 16.5. The van der Waals surface area contributed by atoms with E-state index in [1.807, 2.05) is 0 Å². The van der Waals surface area contributed by atoms with Gasteiger partial charge in [0, 0.05) is 52.2 Å². The van der Waals surface area contributed by atoms with Gasteiger partial charge in [0.05, 0.1) is 19.6 Å². The number of hydrogen-bond acceptors (Lipinski definition) is 17. The molecule has 0 aromatic heterocycles. The van der Waals surface area contributed by atoms with E-state index in [-0.39, 0.29) is 166 Å². The number of carbonyl (C=O) groups is 10. The van der Waals surface area contributed by atoms with Crippen molar-refractivity contribution in [3.63, 3.8) is 0 Å². The summed E-state index contributed by atoms with van der Waals surface area (Å²) in [5, 5.41) is 21.2. The van der Waals surface area contributed by atoms with Gasteiger partial charge in [-0.3, -0.25) is 67.9 Å². The van der Waals surface area contributed by atoms with E-state index in [0.29, 0.717) is 32.2 Å². The van der Waals surface area contributed by atoms with Crippen LogP contribution in [0.4, 0.5) is 0 Å². The molecule has 0 bridgehead atoms. The Bertz CT molecular complexity index is 2330. The van der Waals surface area contributed by atoms with Gasteiger partial charge in [-0.05, 0) is 96.4 Å². The molecule has 0 aromatic carbocycles. The van der Waals surface area contributed by atoms with E-state index in [2.05, 4.69) is 69.4 Å². The second-order valence-corrected chi connectivity index (χ2v) is 21.8. The zero-order valence-corrected chi connectivity index (χ0v) is 52.5. The summed E-state index contributed by atoms with van der Waals surface area (Å²) in [6, 6.07) is -9.92. The molecule has 9 amide bonds. The predicted molar refractivity (Wildman–Crippen MR) is 341 cm³/mol. The summed E-state index contributed by atoms with van der Waals surface area (Å²) in [4.78, 5) is 155. The van der Waals surface area contributed by atoms with Crippen LogP contribution in [0.5, 0.6) is 0 Å². The predicted octanol–water partition coefficient (Wildman–Crippen LogP) is -4.97. The number of ketones is 1. The normalized spacial score (nSPS) is 18.7. The van der Waals surface area contributed by atoms with Crippen LogP contribution in [0.1, 0.15) is 161 Å². The van der Waals surface area contributed by atoms with Crippen molar-refractivity contribution in [2.75, 3.05) is 65.7 Å². The standard InChI is InChI=1S/C56H106N22O12/c1-2-3-4-5-6-7-8-11-26-67-44(80)34-43-52(88)76-41(22-15-30-71-56(65)66)49(85)74-39(20-13-28-69-54(61)62)47(83)73-38(19-12-27-68-53(59)60)48(84)75-40(21-14-29-70-55(63)64)50(86)77-42(51(87)78-43)24-23-36(79)17-16-31-89-32-33-90-35-45(81)72-37(46(58)82)18-9-10-25-57/h37-43H,2-35,57H2,1H3,(H2,58,82)(H,67,80)(H,72,81)(H,73,83)(H,74,85)(H,75,84)(H,76,88)(H,77,86)(H,78,87)(H4,59,60,68)(H4,61,62,69)(H4,63,64,70)(H4,65,66,71)/t37?,38-,39+,40+,41-,42+,43+/m1/s1. The first-order chi connectivity index (χ1) is 43.0. The number of Topliss-reactive ketones (excluding diaryl/α,β-unsaturated/α-hetero) is 1. The number of hydrogen-bond donors (Lipinski definition) is 18. The Hall–Kier alpha value is -8.14. The fourth-order valence-corrected chi connectivity index (χ4v) is 9.15. The van der Waals surface area contributed by atoms with Gasteiger partial charge in [0.1, 0.15) is 54.7 Å². The molecule has 0 radical (unpaired) electrons. The number of guanidine groups is 4. The van der Waals surface area contributed by atoms with E-state index in [4.69, 9.17) is 66.8 Å². The molecule has 1 saturated heterocycles. The lowest BCUT2D eigenvalue weighted by molar-refractivity contribution is -0.137. The van der Waals surface area contributed by atoms with E-state index in [1.54, 1.807) is 0 Å². The quantitative estimate of drug-likeness (QED) is 0.0154. The summed E-state index contributed by atoms with van der Waals surface area (Å²) >= 11 is 0. The van der Waals surface area contributed by atoms with Gasteiger partial charge in [0.2, 0.25) is 53.2 Å². The maximum Gasteiger partial charge on any atom is 0.246 e. The van der Waals surface area contributed by atoms with Crippen molar-refractivity contribution in [3.05, 3.63) is 0 Å². The Morgan fingerprint density at radius 2 is 0.833 bits per heavy atom. The number of nitrogens with zero attached hydrogens (tertiary/aromatic N) is 4. The number of rotatable bonds is 45. The lowest BCUT2D eigenvalue weighted by Gasteiger charge is -2.29. The van der Waals surface area contributed by atoms with Crippen LogP contribution < -0.4 is 99.9 Å². The fraction of sp³-hybridized carbons (Fsp3) is 0.750. The third kappa shape index (κ3) is 39.7. The molecule has 1 rings (SSSR count). The van der Waals surface area contributed by atoms with Gasteiger partial charge < -0.3 is 109 Å². The van der Waals surface area contributed by atoms with Crippen molar-refractivity contribution in [2.45, 2.75) is 203 Å². The number of primary amides is 1. The van der Waals surface area contributed by atoms with Crippen molar-refractivity contribution < 1.29 is 57.4 Å².